The van der Waals surface area contributed by atoms with Crippen molar-refractivity contribution in [2.75, 3.05) is 20.1 Å². The first kappa shape index (κ1) is 20.1. The zero-order valence-electron chi connectivity index (χ0n) is 17.7. The number of hydrogen-bond acceptors (Lipinski definition) is 4. The van der Waals surface area contributed by atoms with E-state index in [1.165, 1.54) is 17.3 Å². The van der Waals surface area contributed by atoms with Crippen molar-refractivity contribution < 1.29 is 4.79 Å². The van der Waals surface area contributed by atoms with Crippen LogP contribution in [0.15, 0.2) is 51.5 Å². The molecule has 156 valence electrons. The minimum absolute atomic E-state index is 0.181. The molecule has 2 aromatic rings. The number of likely N-dealkylation sites (tertiary alicyclic amines) is 1. The molecule has 2 N–H and O–H groups in total. The monoisotopic (exact) mass is 405 g/mol. The summed E-state index contributed by atoms with van der Waals surface area (Å²) in [6.45, 7) is 5.24. The molecule has 4 rings (SSSR count). The maximum Gasteiger partial charge on any atom is 0.259 e. The van der Waals surface area contributed by atoms with Gasteiger partial charge in [-0.1, -0.05) is 13.0 Å². The fraction of sp³-hybridized carbons (Fsp3) is 0.391. The van der Waals surface area contributed by atoms with Crippen LogP contribution in [0.4, 0.5) is 0 Å². The zero-order valence-corrected chi connectivity index (χ0v) is 17.7. The standard InChI is InChI=1S/C23H27N5O2/c1-4-5-16-18(12-25-21(16)24-3)15-8-10-28(11-9-15)23(30)19-13-26-22-17(20(19)29)7-6-14(2)27-22/h5-7,12-13,15H,4,8-11H2,1-3H3,(H,24,25)(H,26,27,29)/b16-5-. The molecule has 0 unspecified atom stereocenters. The van der Waals surface area contributed by atoms with Crippen LogP contribution >= 0.6 is 0 Å². The van der Waals surface area contributed by atoms with Crippen molar-refractivity contribution in [2.24, 2.45) is 10.9 Å². The number of nitrogens with one attached hydrogen (secondary N) is 2. The average molecular weight is 406 g/mol. The van der Waals surface area contributed by atoms with Gasteiger partial charge in [-0.15, -0.1) is 0 Å². The molecule has 0 aromatic carbocycles. The van der Waals surface area contributed by atoms with Crippen molar-refractivity contribution in [3.05, 3.63) is 63.2 Å². The molecule has 0 saturated carbocycles. The molecule has 30 heavy (non-hydrogen) atoms. The van der Waals surface area contributed by atoms with E-state index in [1.54, 1.807) is 24.1 Å². The van der Waals surface area contributed by atoms with Gasteiger partial charge in [0, 0.05) is 43.8 Å². The minimum Gasteiger partial charge on any atom is -0.346 e. The highest BCUT2D eigenvalue weighted by molar-refractivity contribution is 6.05. The molecule has 0 bridgehead atoms. The van der Waals surface area contributed by atoms with E-state index >= 15 is 0 Å². The first-order valence-electron chi connectivity index (χ1n) is 10.5. The van der Waals surface area contributed by atoms with E-state index in [2.05, 4.69) is 39.5 Å². The first-order chi connectivity index (χ1) is 14.5. The lowest BCUT2D eigenvalue weighted by Gasteiger charge is -2.32. The van der Waals surface area contributed by atoms with Crippen LogP contribution in [0.2, 0.25) is 0 Å². The molecule has 1 amide bonds. The number of pyridine rings is 2. The van der Waals surface area contributed by atoms with E-state index in [9.17, 15) is 9.59 Å². The number of aryl methyl sites for hydroxylation is 1. The van der Waals surface area contributed by atoms with E-state index in [4.69, 9.17) is 0 Å². The van der Waals surface area contributed by atoms with Gasteiger partial charge in [0.05, 0.1) is 5.39 Å². The first-order valence-corrected chi connectivity index (χ1v) is 10.5. The number of allylic oxidation sites excluding steroid dienone is 1. The van der Waals surface area contributed by atoms with Crippen molar-refractivity contribution in [2.45, 2.75) is 33.1 Å². The predicted molar refractivity (Wildman–Crippen MR) is 119 cm³/mol. The summed E-state index contributed by atoms with van der Waals surface area (Å²) in [5, 5.41) is 3.71. The Kier molecular flexibility index (Phi) is 5.53. The molecule has 2 aliphatic rings. The number of aromatic nitrogens is 2. The fourth-order valence-corrected chi connectivity index (χ4v) is 4.30. The van der Waals surface area contributed by atoms with Crippen LogP contribution in [-0.2, 0) is 0 Å². The number of carbonyl (C=O) groups excluding carboxylic acids is 1. The lowest BCUT2D eigenvalue weighted by atomic mass is 9.85. The summed E-state index contributed by atoms with van der Waals surface area (Å²) in [5.74, 6) is 1.08. The molecule has 0 aliphatic carbocycles. The second-order valence-electron chi connectivity index (χ2n) is 7.79. The van der Waals surface area contributed by atoms with Gasteiger partial charge in [-0.2, -0.15) is 0 Å². The molecular formula is C23H27N5O2. The van der Waals surface area contributed by atoms with Gasteiger partial charge in [0.1, 0.15) is 17.0 Å². The van der Waals surface area contributed by atoms with E-state index in [0.717, 1.165) is 30.8 Å². The SMILES string of the molecule is CC/C=C1/C(C2CCN(C(=O)c3c[nH]c4nc(C)ccc4c3=O)CC2)=CNC1=NC. The largest absolute Gasteiger partial charge is 0.346 e. The molecule has 0 atom stereocenters. The summed E-state index contributed by atoms with van der Waals surface area (Å²) in [4.78, 5) is 39.3. The molecule has 2 aromatic heterocycles. The quantitative estimate of drug-likeness (QED) is 0.822. The molecule has 1 saturated heterocycles. The summed E-state index contributed by atoms with van der Waals surface area (Å²) >= 11 is 0. The maximum absolute atomic E-state index is 13.1. The normalized spacial score (nSPS) is 20.1. The van der Waals surface area contributed by atoms with Crippen LogP contribution in [0.25, 0.3) is 11.0 Å². The van der Waals surface area contributed by atoms with Gasteiger partial charge in [-0.3, -0.25) is 14.6 Å². The van der Waals surface area contributed by atoms with Gasteiger partial charge in [0.25, 0.3) is 5.91 Å². The highest BCUT2D eigenvalue weighted by Crippen LogP contribution is 2.32. The van der Waals surface area contributed by atoms with Gasteiger partial charge in [0.2, 0.25) is 5.43 Å². The third-order valence-electron chi connectivity index (χ3n) is 5.89. The highest BCUT2D eigenvalue weighted by atomic mass is 16.2. The van der Waals surface area contributed by atoms with Crippen LogP contribution in [0.5, 0.6) is 0 Å². The number of piperidine rings is 1. The third-order valence-corrected chi connectivity index (χ3v) is 5.89. The second-order valence-corrected chi connectivity index (χ2v) is 7.79. The number of carbonyl (C=O) groups is 1. The van der Waals surface area contributed by atoms with Crippen LogP contribution in [0.3, 0.4) is 0 Å². The zero-order chi connectivity index (χ0) is 21.3. The van der Waals surface area contributed by atoms with Crippen LogP contribution in [-0.4, -0.2) is 46.7 Å². The number of amidine groups is 1. The van der Waals surface area contributed by atoms with E-state index in [1.807, 2.05) is 6.92 Å². The molecule has 2 aliphatic heterocycles. The van der Waals surface area contributed by atoms with Crippen molar-refractivity contribution in [3.63, 3.8) is 0 Å². The van der Waals surface area contributed by atoms with Crippen molar-refractivity contribution in [1.82, 2.24) is 20.2 Å². The van der Waals surface area contributed by atoms with Gasteiger partial charge in [-0.25, -0.2) is 4.98 Å². The van der Waals surface area contributed by atoms with Crippen LogP contribution in [0, 0.1) is 12.8 Å². The summed E-state index contributed by atoms with van der Waals surface area (Å²) in [6.07, 6.45) is 8.43. The number of rotatable bonds is 3. The van der Waals surface area contributed by atoms with Crippen molar-refractivity contribution in [1.29, 1.82) is 0 Å². The topological polar surface area (TPSA) is 90.5 Å². The van der Waals surface area contributed by atoms with E-state index in [0.29, 0.717) is 30.0 Å². The Morgan fingerprint density at radius 3 is 2.80 bits per heavy atom. The summed E-state index contributed by atoms with van der Waals surface area (Å²) < 4.78 is 0. The number of hydrogen-bond donors (Lipinski definition) is 2. The lowest BCUT2D eigenvalue weighted by Crippen LogP contribution is -2.40. The Morgan fingerprint density at radius 1 is 1.33 bits per heavy atom. The summed E-state index contributed by atoms with van der Waals surface area (Å²) in [5.41, 5.74) is 3.71. The smallest absolute Gasteiger partial charge is 0.259 e. The Labute approximate surface area is 175 Å². The number of amides is 1. The number of aliphatic imine (C=N–C) groups is 1. The Hall–Kier alpha value is -3.22. The van der Waals surface area contributed by atoms with Gasteiger partial charge in [0.15, 0.2) is 0 Å². The number of fused-ring (bicyclic) bond motifs is 1. The summed E-state index contributed by atoms with van der Waals surface area (Å²) in [6, 6.07) is 3.52. The molecule has 4 heterocycles. The number of H-pyrrole nitrogens is 1. The van der Waals surface area contributed by atoms with Crippen LogP contribution in [0.1, 0.15) is 42.2 Å². The molecule has 7 nitrogen and oxygen atoms in total. The minimum atomic E-state index is -0.261. The molecular weight excluding hydrogens is 378 g/mol. The lowest BCUT2D eigenvalue weighted by molar-refractivity contribution is 0.0701. The molecule has 1 fully saturated rings. The Balaban J connectivity index is 1.50. The molecule has 7 heteroatoms. The van der Waals surface area contributed by atoms with Crippen molar-refractivity contribution in [3.8, 4) is 0 Å². The van der Waals surface area contributed by atoms with Gasteiger partial charge in [-0.05, 0) is 49.8 Å². The Bertz CT molecular complexity index is 1130. The summed E-state index contributed by atoms with van der Waals surface area (Å²) in [7, 11) is 1.79. The van der Waals surface area contributed by atoms with E-state index < -0.39 is 0 Å². The fourth-order valence-electron chi connectivity index (χ4n) is 4.30. The van der Waals surface area contributed by atoms with E-state index in [-0.39, 0.29) is 16.9 Å². The highest BCUT2D eigenvalue weighted by Gasteiger charge is 2.31. The van der Waals surface area contributed by atoms with Crippen molar-refractivity contribution >= 4 is 22.8 Å². The third kappa shape index (κ3) is 3.56. The second kappa shape index (κ2) is 8.26. The number of aromatic amines is 1. The van der Waals surface area contributed by atoms with Gasteiger partial charge < -0.3 is 15.2 Å². The average Bonchev–Trinajstić information content (AvgIpc) is 3.16. The van der Waals surface area contributed by atoms with Gasteiger partial charge >= 0.3 is 0 Å². The molecule has 0 spiro atoms. The molecule has 0 radical (unpaired) electrons. The predicted octanol–water partition coefficient (Wildman–Crippen LogP) is 2.94. The number of nitrogens with zero attached hydrogens (tertiary/aromatic N) is 3. The van der Waals surface area contributed by atoms with Crippen LogP contribution < -0.4 is 10.7 Å². The maximum atomic E-state index is 13.1. The Morgan fingerprint density at radius 2 is 2.10 bits per heavy atom.